The van der Waals surface area contributed by atoms with Crippen LogP contribution in [-0.2, 0) is 14.3 Å². The fraction of sp³-hybridized carbons (Fsp3) is 0.850. The van der Waals surface area contributed by atoms with Crippen molar-refractivity contribution >= 4 is 6.29 Å². The van der Waals surface area contributed by atoms with Gasteiger partial charge in [0.1, 0.15) is 6.29 Å². The van der Waals surface area contributed by atoms with Crippen LogP contribution in [0.25, 0.3) is 0 Å². The van der Waals surface area contributed by atoms with E-state index in [1.165, 1.54) is 25.7 Å². The molecule has 4 aliphatic rings. The van der Waals surface area contributed by atoms with Crippen molar-refractivity contribution in [1.82, 2.24) is 0 Å². The van der Waals surface area contributed by atoms with Gasteiger partial charge >= 0.3 is 0 Å². The molecule has 0 aromatic carbocycles. The third kappa shape index (κ3) is 2.41. The average Bonchev–Trinajstić information content (AvgIpc) is 3.25. The largest absolute Gasteiger partial charge is 0.369 e. The number of aliphatic hydroxyl groups is 1. The van der Waals surface area contributed by atoms with E-state index in [2.05, 4.69) is 20.8 Å². The number of rotatable bonds is 2. The Labute approximate surface area is 144 Å². The summed E-state index contributed by atoms with van der Waals surface area (Å²) in [7, 11) is 0. The van der Waals surface area contributed by atoms with E-state index >= 15 is 0 Å². The van der Waals surface area contributed by atoms with Crippen LogP contribution in [0.1, 0.15) is 59.3 Å². The van der Waals surface area contributed by atoms with Gasteiger partial charge < -0.3 is 14.6 Å². The van der Waals surface area contributed by atoms with Gasteiger partial charge in [-0.05, 0) is 54.1 Å². The summed E-state index contributed by atoms with van der Waals surface area (Å²) in [6, 6.07) is 0. The fourth-order valence-corrected chi connectivity index (χ4v) is 6.51. The molecule has 3 fully saturated rings. The first kappa shape index (κ1) is 16.7. The number of carbonyl (C=O) groups is 1. The molecule has 1 N–H and O–H groups in total. The molecule has 1 spiro atoms. The normalized spacial score (nSPS) is 50.1. The number of fused-ring (bicyclic) bond motifs is 1. The number of epoxide rings is 1. The van der Waals surface area contributed by atoms with Gasteiger partial charge in [0.2, 0.25) is 0 Å². The highest BCUT2D eigenvalue weighted by molar-refractivity contribution is 5.73. The second-order valence-electron chi connectivity index (χ2n) is 9.39. The van der Waals surface area contributed by atoms with Gasteiger partial charge in [0.15, 0.2) is 6.29 Å². The van der Waals surface area contributed by atoms with Gasteiger partial charge in [-0.2, -0.15) is 0 Å². The molecule has 4 nitrogen and oxygen atoms in total. The molecule has 1 saturated heterocycles. The third-order valence-corrected chi connectivity index (χ3v) is 7.51. The minimum Gasteiger partial charge on any atom is -0.369 e. The van der Waals surface area contributed by atoms with Gasteiger partial charge in [0.05, 0.1) is 18.3 Å². The van der Waals surface area contributed by atoms with E-state index in [0.29, 0.717) is 23.3 Å². The third-order valence-electron chi connectivity index (χ3n) is 7.51. The molecule has 24 heavy (non-hydrogen) atoms. The zero-order chi connectivity index (χ0) is 17.2. The van der Waals surface area contributed by atoms with Gasteiger partial charge in [-0.15, -0.1) is 0 Å². The first-order chi connectivity index (χ1) is 11.3. The molecule has 134 valence electrons. The molecule has 0 aromatic heterocycles. The average molecular weight is 334 g/mol. The topological polar surface area (TPSA) is 59.1 Å². The van der Waals surface area contributed by atoms with Crippen LogP contribution in [0.15, 0.2) is 11.6 Å². The first-order valence-corrected chi connectivity index (χ1v) is 9.44. The highest BCUT2D eigenvalue weighted by Crippen LogP contribution is 2.66. The molecule has 6 unspecified atom stereocenters. The van der Waals surface area contributed by atoms with Gasteiger partial charge in [0.25, 0.3) is 0 Å². The predicted molar refractivity (Wildman–Crippen MR) is 90.3 cm³/mol. The summed E-state index contributed by atoms with van der Waals surface area (Å²) in [6.45, 7) is 8.01. The summed E-state index contributed by atoms with van der Waals surface area (Å²) in [6.07, 6.45) is 7.98. The van der Waals surface area contributed by atoms with Crippen LogP contribution >= 0.6 is 0 Å². The van der Waals surface area contributed by atoms with E-state index in [1.807, 2.05) is 6.08 Å². The molecule has 0 amide bonds. The number of carbonyl (C=O) groups excluding carboxylic acids is 1. The number of aldehydes is 1. The molecule has 4 heteroatoms. The maximum Gasteiger partial charge on any atom is 0.159 e. The summed E-state index contributed by atoms with van der Waals surface area (Å²) < 4.78 is 12.0. The highest BCUT2D eigenvalue weighted by Gasteiger charge is 2.67. The summed E-state index contributed by atoms with van der Waals surface area (Å²) in [5, 5.41) is 10.1. The minimum atomic E-state index is -0.878. The lowest BCUT2D eigenvalue weighted by Crippen LogP contribution is -2.59. The van der Waals surface area contributed by atoms with E-state index in [4.69, 9.17) is 9.47 Å². The van der Waals surface area contributed by atoms with Crippen molar-refractivity contribution in [3.63, 3.8) is 0 Å². The van der Waals surface area contributed by atoms with Gasteiger partial charge in [-0.25, -0.2) is 0 Å². The lowest BCUT2D eigenvalue weighted by atomic mass is 9.45. The van der Waals surface area contributed by atoms with Crippen LogP contribution in [-0.4, -0.2) is 36.0 Å². The molecule has 0 radical (unpaired) electrons. The Hall–Kier alpha value is -0.710. The maximum absolute atomic E-state index is 11.3. The number of hydrogen-bond acceptors (Lipinski definition) is 4. The summed E-state index contributed by atoms with van der Waals surface area (Å²) in [4.78, 5) is 11.3. The van der Waals surface area contributed by atoms with Crippen LogP contribution < -0.4 is 0 Å². The Balaban J connectivity index is 1.74. The summed E-state index contributed by atoms with van der Waals surface area (Å²) >= 11 is 0. The molecule has 0 bridgehead atoms. The predicted octanol–water partition coefficient (Wildman–Crippen LogP) is 3.23. The first-order valence-electron chi connectivity index (χ1n) is 9.44. The zero-order valence-electron chi connectivity index (χ0n) is 15.1. The van der Waals surface area contributed by atoms with Gasteiger partial charge in [-0.3, -0.25) is 4.79 Å². The molecular weight excluding hydrogens is 304 g/mol. The number of hydrogen-bond donors (Lipinski definition) is 1. The van der Waals surface area contributed by atoms with Crippen molar-refractivity contribution in [2.45, 2.75) is 77.3 Å². The Morgan fingerprint density at radius 2 is 2.00 bits per heavy atom. The summed E-state index contributed by atoms with van der Waals surface area (Å²) in [5.41, 5.74) is 1.01. The van der Waals surface area contributed by atoms with Crippen molar-refractivity contribution in [3.05, 3.63) is 11.6 Å². The van der Waals surface area contributed by atoms with E-state index < -0.39 is 6.29 Å². The molecule has 6 atom stereocenters. The Kier molecular flexibility index (Phi) is 3.76. The second kappa shape index (κ2) is 5.39. The van der Waals surface area contributed by atoms with Crippen molar-refractivity contribution in [1.29, 1.82) is 0 Å². The molecule has 2 heterocycles. The fourth-order valence-electron chi connectivity index (χ4n) is 6.51. The second-order valence-corrected chi connectivity index (χ2v) is 9.39. The molecule has 2 saturated carbocycles. The van der Waals surface area contributed by atoms with E-state index in [9.17, 15) is 9.90 Å². The molecular formula is C20H30O4. The molecule has 4 rings (SSSR count). The van der Waals surface area contributed by atoms with Crippen LogP contribution in [0.2, 0.25) is 0 Å². The lowest BCUT2D eigenvalue weighted by Gasteiger charge is -2.60. The molecule has 2 aliphatic carbocycles. The zero-order valence-corrected chi connectivity index (χ0v) is 15.1. The van der Waals surface area contributed by atoms with Gasteiger partial charge in [0, 0.05) is 12.3 Å². The van der Waals surface area contributed by atoms with Crippen LogP contribution in [0, 0.1) is 22.7 Å². The van der Waals surface area contributed by atoms with E-state index in [-0.39, 0.29) is 23.0 Å². The number of aliphatic hydroxyl groups excluding tert-OH is 1. The monoisotopic (exact) mass is 334 g/mol. The van der Waals surface area contributed by atoms with Crippen molar-refractivity contribution in [2.24, 2.45) is 22.7 Å². The Morgan fingerprint density at radius 3 is 2.67 bits per heavy atom. The van der Waals surface area contributed by atoms with Gasteiger partial charge in [-0.1, -0.05) is 27.2 Å². The Morgan fingerprint density at radius 1 is 1.25 bits per heavy atom. The van der Waals surface area contributed by atoms with Crippen molar-refractivity contribution < 1.29 is 19.4 Å². The highest BCUT2D eigenvalue weighted by atomic mass is 16.6. The Bertz CT molecular complexity index is 562. The maximum atomic E-state index is 11.3. The van der Waals surface area contributed by atoms with Crippen molar-refractivity contribution in [2.75, 3.05) is 6.61 Å². The van der Waals surface area contributed by atoms with Crippen LogP contribution in [0.4, 0.5) is 0 Å². The SMILES string of the molecule is CC1(C)CCCC2(C)C1CCC1(CO1)C2C1C=C(C=O)CC(O)O1. The van der Waals surface area contributed by atoms with Crippen molar-refractivity contribution in [3.8, 4) is 0 Å². The minimum absolute atomic E-state index is 0.106. The molecule has 2 aliphatic heterocycles. The van der Waals surface area contributed by atoms with E-state index in [0.717, 1.165) is 19.3 Å². The van der Waals surface area contributed by atoms with Crippen LogP contribution in [0.3, 0.4) is 0 Å². The quantitative estimate of drug-likeness (QED) is 0.622. The van der Waals surface area contributed by atoms with Crippen LogP contribution in [0.5, 0.6) is 0 Å². The smallest absolute Gasteiger partial charge is 0.159 e. The van der Waals surface area contributed by atoms with E-state index in [1.54, 1.807) is 0 Å². The summed E-state index contributed by atoms with van der Waals surface area (Å²) in [5.74, 6) is 0.850. The standard InChI is InChI=1S/C20H30O4/c1-18(2)6-4-7-19(3)15(18)5-8-20(12-23-20)17(19)14-9-13(11-21)10-16(22)24-14/h9,11,14-17,22H,4-8,10,12H2,1-3H3. The number of ether oxygens (including phenoxy) is 2. The molecule has 0 aromatic rings. The lowest BCUT2D eigenvalue weighted by molar-refractivity contribution is -0.197.